The summed E-state index contributed by atoms with van der Waals surface area (Å²) >= 11 is 5.92. The second kappa shape index (κ2) is 9.56. The number of ether oxygens (including phenoxy) is 2. The first kappa shape index (κ1) is 27.2. The Labute approximate surface area is 203 Å². The van der Waals surface area contributed by atoms with E-state index in [1.54, 1.807) is 6.92 Å². The first-order chi connectivity index (χ1) is 16.6. The third-order valence-electron chi connectivity index (χ3n) is 4.89. The van der Waals surface area contributed by atoms with Crippen LogP contribution >= 0.6 is 11.6 Å². The number of hydrogen-bond donors (Lipinski definition) is 0. The van der Waals surface area contributed by atoms with Gasteiger partial charge in [0.2, 0.25) is 5.88 Å². The zero-order chi connectivity index (χ0) is 27.1. The summed E-state index contributed by atoms with van der Waals surface area (Å²) in [5.41, 5.74) is -7.05. The van der Waals surface area contributed by atoms with Gasteiger partial charge in [-0.25, -0.2) is 18.9 Å². The van der Waals surface area contributed by atoms with E-state index in [4.69, 9.17) is 16.3 Å². The molecule has 2 aromatic heterocycles. The van der Waals surface area contributed by atoms with Crippen LogP contribution in [0.4, 0.5) is 35.5 Å². The van der Waals surface area contributed by atoms with Crippen molar-refractivity contribution in [2.75, 3.05) is 6.61 Å². The molecule has 0 amide bonds. The number of carbonyl (C=O) groups is 1. The van der Waals surface area contributed by atoms with Gasteiger partial charge in [0.15, 0.2) is 5.82 Å². The van der Waals surface area contributed by atoms with Crippen molar-refractivity contribution in [2.24, 2.45) is 0 Å². The highest BCUT2D eigenvalue weighted by Crippen LogP contribution is 2.53. The molecule has 0 atom stereocenters. The monoisotopic (exact) mass is 540 g/mol. The summed E-state index contributed by atoms with van der Waals surface area (Å²) < 4.78 is 104. The van der Waals surface area contributed by atoms with Crippen molar-refractivity contribution in [1.82, 2.24) is 19.7 Å². The molecule has 0 N–H and O–H groups in total. The summed E-state index contributed by atoms with van der Waals surface area (Å²) in [6.45, 7) is 4.02. The molecule has 2 heterocycles. The summed E-state index contributed by atoms with van der Waals surface area (Å²) in [4.78, 5) is 19.5. The number of carbonyl (C=O) groups excluding carboxylic acids is 1. The van der Waals surface area contributed by atoms with E-state index in [-0.39, 0.29) is 45.7 Å². The maximum absolute atomic E-state index is 14.5. The van der Waals surface area contributed by atoms with Crippen LogP contribution in [0.3, 0.4) is 0 Å². The van der Waals surface area contributed by atoms with Gasteiger partial charge in [0.25, 0.3) is 0 Å². The molecule has 0 bridgehead atoms. The minimum Gasteiger partial charge on any atom is -0.434 e. The van der Waals surface area contributed by atoms with Gasteiger partial charge >= 0.3 is 24.2 Å². The van der Waals surface area contributed by atoms with Crippen molar-refractivity contribution in [2.45, 2.75) is 38.8 Å². The zero-order valence-electron chi connectivity index (χ0n) is 18.6. The van der Waals surface area contributed by atoms with Gasteiger partial charge in [-0.2, -0.15) is 36.4 Å². The Hall–Kier alpha value is -3.42. The fraction of sp³-hybridized carbons (Fsp3) is 0.333. The lowest BCUT2D eigenvalue weighted by atomic mass is 9.90. The quantitative estimate of drug-likeness (QED) is 0.274. The zero-order valence-corrected chi connectivity index (χ0v) is 19.4. The predicted molar refractivity (Wildman–Crippen MR) is 112 cm³/mol. The summed E-state index contributed by atoms with van der Waals surface area (Å²) in [7, 11) is 0. The second-order valence-corrected chi connectivity index (χ2v) is 7.83. The van der Waals surface area contributed by atoms with E-state index in [0.29, 0.717) is 12.1 Å². The highest BCUT2D eigenvalue weighted by Gasteiger charge is 2.73. The molecular formula is C21H16ClF7N4O3. The van der Waals surface area contributed by atoms with Gasteiger partial charge in [0.1, 0.15) is 5.02 Å². The van der Waals surface area contributed by atoms with E-state index in [1.165, 1.54) is 26.2 Å². The molecule has 0 spiro atoms. The first-order valence-corrected chi connectivity index (χ1v) is 10.3. The lowest BCUT2D eigenvalue weighted by Crippen LogP contribution is -2.50. The Morgan fingerprint density at radius 2 is 1.61 bits per heavy atom. The predicted octanol–water partition coefficient (Wildman–Crippen LogP) is 6.42. The van der Waals surface area contributed by atoms with Gasteiger partial charge in [-0.1, -0.05) is 23.7 Å². The van der Waals surface area contributed by atoms with Gasteiger partial charge in [-0.3, -0.25) is 0 Å². The van der Waals surface area contributed by atoms with Crippen molar-refractivity contribution in [3.8, 4) is 23.0 Å². The van der Waals surface area contributed by atoms with Crippen LogP contribution in [0.1, 0.15) is 23.6 Å². The van der Waals surface area contributed by atoms with Gasteiger partial charge in [0.05, 0.1) is 30.3 Å². The SMILES string of the molecule is CCOC(=O)Oc1nc(-c2cnn(-c3c(C)cc(C(F)(C(F)(F)F)C(F)(F)F)cc3C)c2)ncc1Cl. The molecule has 3 aromatic rings. The van der Waals surface area contributed by atoms with E-state index >= 15 is 0 Å². The Balaban J connectivity index is 2.02. The van der Waals surface area contributed by atoms with E-state index < -0.39 is 29.7 Å². The highest BCUT2D eigenvalue weighted by molar-refractivity contribution is 6.31. The first-order valence-electron chi connectivity index (χ1n) is 9.96. The van der Waals surface area contributed by atoms with Crippen molar-refractivity contribution in [3.63, 3.8) is 0 Å². The van der Waals surface area contributed by atoms with Crippen molar-refractivity contribution in [1.29, 1.82) is 0 Å². The van der Waals surface area contributed by atoms with E-state index in [1.807, 2.05) is 0 Å². The average molecular weight is 541 g/mol. The largest absolute Gasteiger partial charge is 0.515 e. The standard InChI is InChI=1S/C21H16ClF7N4O3/c1-4-35-18(34)36-17-14(22)8-30-16(32-17)12-7-31-33(9-12)15-10(2)5-13(6-11(15)3)19(23,20(24,25)26)21(27,28)29/h5-9H,4H2,1-3H3. The van der Waals surface area contributed by atoms with Crippen LogP contribution in [-0.4, -0.2) is 44.9 Å². The van der Waals surface area contributed by atoms with Gasteiger partial charge in [-0.05, 0) is 31.9 Å². The van der Waals surface area contributed by atoms with Crippen molar-refractivity contribution >= 4 is 17.8 Å². The number of nitrogens with zero attached hydrogens (tertiary/aromatic N) is 4. The number of aromatic nitrogens is 4. The van der Waals surface area contributed by atoms with Crippen LogP contribution in [0.2, 0.25) is 5.02 Å². The Bertz CT molecular complexity index is 1250. The van der Waals surface area contributed by atoms with E-state index in [0.717, 1.165) is 10.9 Å². The number of benzene rings is 1. The summed E-state index contributed by atoms with van der Waals surface area (Å²) in [5.74, 6) is -0.336. The molecule has 0 radical (unpaired) electrons. The van der Waals surface area contributed by atoms with Crippen LogP contribution in [0.15, 0.2) is 30.7 Å². The average Bonchev–Trinajstić information content (AvgIpc) is 3.22. The molecule has 194 valence electrons. The summed E-state index contributed by atoms with van der Waals surface area (Å²) in [6.07, 6.45) is -9.83. The lowest BCUT2D eigenvalue weighted by Gasteiger charge is -2.31. The van der Waals surface area contributed by atoms with E-state index in [2.05, 4.69) is 19.8 Å². The van der Waals surface area contributed by atoms with Gasteiger partial charge < -0.3 is 9.47 Å². The Morgan fingerprint density at radius 1 is 1.03 bits per heavy atom. The molecule has 0 aliphatic heterocycles. The van der Waals surface area contributed by atoms with Crippen LogP contribution < -0.4 is 4.74 Å². The molecule has 0 aliphatic carbocycles. The molecule has 15 heteroatoms. The number of aryl methyl sites for hydroxylation is 2. The maximum Gasteiger partial charge on any atom is 0.515 e. The maximum atomic E-state index is 14.5. The molecule has 0 fully saturated rings. The van der Waals surface area contributed by atoms with Crippen molar-refractivity contribution < 1.29 is 45.0 Å². The van der Waals surface area contributed by atoms with Gasteiger partial charge in [-0.15, -0.1) is 0 Å². The number of halogens is 8. The van der Waals surface area contributed by atoms with Crippen LogP contribution in [0, 0.1) is 13.8 Å². The molecule has 7 nitrogen and oxygen atoms in total. The Morgan fingerprint density at radius 3 is 2.14 bits per heavy atom. The van der Waals surface area contributed by atoms with Gasteiger partial charge in [0, 0.05) is 11.8 Å². The molecule has 0 saturated carbocycles. The Kier molecular flexibility index (Phi) is 7.22. The topological polar surface area (TPSA) is 79.1 Å². The smallest absolute Gasteiger partial charge is 0.434 e. The van der Waals surface area contributed by atoms with E-state index in [9.17, 15) is 35.5 Å². The fourth-order valence-electron chi connectivity index (χ4n) is 3.35. The minimum atomic E-state index is -6.24. The van der Waals surface area contributed by atoms with Crippen molar-refractivity contribution in [3.05, 3.63) is 52.4 Å². The summed E-state index contributed by atoms with van der Waals surface area (Å²) in [6, 6.07) is 0.934. The molecule has 1 aromatic carbocycles. The van der Waals surface area contributed by atoms with Crippen LogP contribution in [-0.2, 0) is 10.4 Å². The molecule has 3 rings (SSSR count). The molecular weight excluding hydrogens is 525 g/mol. The molecule has 0 unspecified atom stereocenters. The van der Waals surface area contributed by atoms with Crippen LogP contribution in [0.25, 0.3) is 17.1 Å². The molecule has 36 heavy (non-hydrogen) atoms. The number of rotatable bonds is 5. The number of alkyl halides is 7. The normalized spacial score (nSPS) is 12.5. The third-order valence-corrected chi connectivity index (χ3v) is 5.15. The highest BCUT2D eigenvalue weighted by atomic mass is 35.5. The van der Waals surface area contributed by atoms with Crippen LogP contribution in [0.5, 0.6) is 5.88 Å². The molecule has 0 saturated heterocycles. The lowest BCUT2D eigenvalue weighted by molar-refractivity contribution is -0.348. The second-order valence-electron chi connectivity index (χ2n) is 7.42. The number of hydrogen-bond acceptors (Lipinski definition) is 6. The third kappa shape index (κ3) is 4.94. The summed E-state index contributed by atoms with van der Waals surface area (Å²) in [5, 5.41) is 3.94. The molecule has 0 aliphatic rings. The minimum absolute atomic E-state index is 0.0196. The fourth-order valence-corrected chi connectivity index (χ4v) is 3.48.